The molecule has 0 bridgehead atoms. The van der Waals surface area contributed by atoms with Gasteiger partial charge in [-0.2, -0.15) is 0 Å². The molecule has 1 atom stereocenters. The Morgan fingerprint density at radius 2 is 2.26 bits per heavy atom. The molecule has 0 amide bonds. The molecule has 1 saturated heterocycles. The quantitative estimate of drug-likeness (QED) is 0.795. The molecule has 1 aliphatic heterocycles. The summed E-state index contributed by atoms with van der Waals surface area (Å²) in [5.41, 5.74) is 2.54. The number of aromatic nitrogens is 5. The second kappa shape index (κ2) is 5.83. The van der Waals surface area contributed by atoms with Crippen molar-refractivity contribution in [1.82, 2.24) is 24.9 Å². The molecule has 1 fully saturated rings. The molecule has 7 nitrogen and oxygen atoms in total. The van der Waals surface area contributed by atoms with Crippen LogP contribution in [-0.4, -0.2) is 44.1 Å². The summed E-state index contributed by atoms with van der Waals surface area (Å²) in [4.78, 5) is 22.6. The van der Waals surface area contributed by atoms with E-state index < -0.39 is 0 Å². The van der Waals surface area contributed by atoms with Crippen LogP contribution in [0.4, 0.5) is 5.82 Å². The molecule has 0 aliphatic carbocycles. The highest BCUT2D eigenvalue weighted by molar-refractivity contribution is 5.82. The molecule has 3 aromatic rings. The van der Waals surface area contributed by atoms with Crippen LogP contribution in [-0.2, 0) is 0 Å². The lowest BCUT2D eigenvalue weighted by Gasteiger charge is -2.25. The molecule has 1 N–H and O–H groups in total. The summed E-state index contributed by atoms with van der Waals surface area (Å²) >= 11 is 0. The Balaban J connectivity index is 1.54. The first-order valence-corrected chi connectivity index (χ1v) is 7.78. The molecule has 0 radical (unpaired) electrons. The van der Waals surface area contributed by atoms with Crippen LogP contribution >= 0.6 is 0 Å². The Morgan fingerprint density at radius 1 is 1.30 bits per heavy atom. The maximum Gasteiger partial charge on any atom is 0.213 e. The van der Waals surface area contributed by atoms with E-state index in [1.54, 1.807) is 12.7 Å². The average Bonchev–Trinajstić information content (AvgIpc) is 3.21. The van der Waals surface area contributed by atoms with Crippen LogP contribution in [0.1, 0.15) is 18.5 Å². The molecule has 0 aromatic carbocycles. The van der Waals surface area contributed by atoms with Crippen molar-refractivity contribution in [2.45, 2.75) is 25.8 Å². The third kappa shape index (κ3) is 2.69. The molecule has 0 saturated carbocycles. The van der Waals surface area contributed by atoms with Crippen LogP contribution < -0.4 is 9.64 Å². The van der Waals surface area contributed by atoms with E-state index in [0.29, 0.717) is 18.1 Å². The minimum atomic E-state index is 0.277. The number of rotatable bonds is 4. The topological polar surface area (TPSA) is 79.8 Å². The highest BCUT2D eigenvalue weighted by Crippen LogP contribution is 2.28. The summed E-state index contributed by atoms with van der Waals surface area (Å²) in [7, 11) is 0. The van der Waals surface area contributed by atoms with Gasteiger partial charge in [0, 0.05) is 18.3 Å². The van der Waals surface area contributed by atoms with Gasteiger partial charge in [0.2, 0.25) is 5.88 Å². The second-order valence-corrected chi connectivity index (χ2v) is 5.72. The molecule has 3 aromatic heterocycles. The molecular weight excluding hydrogens is 292 g/mol. The number of H-pyrrole nitrogens is 1. The van der Waals surface area contributed by atoms with Gasteiger partial charge in [0.1, 0.15) is 18.5 Å². The van der Waals surface area contributed by atoms with Gasteiger partial charge in [-0.3, -0.25) is 0 Å². The molecule has 4 rings (SSSR count). The van der Waals surface area contributed by atoms with E-state index in [1.165, 1.54) is 0 Å². The van der Waals surface area contributed by atoms with E-state index >= 15 is 0 Å². The summed E-state index contributed by atoms with van der Waals surface area (Å²) in [6.45, 7) is 3.51. The average molecular weight is 310 g/mol. The summed E-state index contributed by atoms with van der Waals surface area (Å²) in [5.74, 6) is 1.57. The molecule has 118 valence electrons. The van der Waals surface area contributed by atoms with Crippen molar-refractivity contribution in [2.24, 2.45) is 0 Å². The first kappa shape index (κ1) is 13.9. The largest absolute Gasteiger partial charge is 0.475 e. The van der Waals surface area contributed by atoms with Crippen LogP contribution in [0.5, 0.6) is 5.88 Å². The van der Waals surface area contributed by atoms with Gasteiger partial charge in [-0.15, -0.1) is 0 Å². The Kier molecular flexibility index (Phi) is 3.53. The maximum absolute atomic E-state index is 5.89. The molecule has 23 heavy (non-hydrogen) atoms. The number of nitrogens with zero attached hydrogens (tertiary/aromatic N) is 5. The predicted molar refractivity (Wildman–Crippen MR) is 86.5 cm³/mol. The number of anilines is 1. The second-order valence-electron chi connectivity index (χ2n) is 5.72. The third-order valence-corrected chi connectivity index (χ3v) is 4.14. The molecule has 7 heteroatoms. The van der Waals surface area contributed by atoms with Gasteiger partial charge >= 0.3 is 0 Å². The number of fused-ring (bicyclic) bond motifs is 1. The molecule has 1 unspecified atom stereocenters. The van der Waals surface area contributed by atoms with Crippen molar-refractivity contribution in [1.29, 1.82) is 0 Å². The van der Waals surface area contributed by atoms with E-state index in [0.717, 1.165) is 36.4 Å². The summed E-state index contributed by atoms with van der Waals surface area (Å²) < 4.78 is 5.89. The predicted octanol–water partition coefficient (Wildman–Crippen LogP) is 2.10. The zero-order valence-corrected chi connectivity index (χ0v) is 12.9. The van der Waals surface area contributed by atoms with E-state index in [4.69, 9.17) is 4.74 Å². The van der Waals surface area contributed by atoms with E-state index in [2.05, 4.69) is 29.8 Å². The molecule has 1 aliphatic rings. The number of ether oxygens (including phenoxy) is 1. The van der Waals surface area contributed by atoms with E-state index in [-0.39, 0.29) is 6.04 Å². The Bertz CT molecular complexity index is 817. The first-order valence-electron chi connectivity index (χ1n) is 7.78. The lowest BCUT2D eigenvalue weighted by molar-refractivity contribution is 0.277. The number of hydrogen-bond donors (Lipinski definition) is 1. The van der Waals surface area contributed by atoms with Crippen molar-refractivity contribution >= 4 is 17.0 Å². The fraction of sp³-hybridized carbons (Fsp3) is 0.375. The minimum Gasteiger partial charge on any atom is -0.475 e. The van der Waals surface area contributed by atoms with Crippen molar-refractivity contribution in [3.63, 3.8) is 0 Å². The summed E-state index contributed by atoms with van der Waals surface area (Å²) in [6, 6.07) is 6.09. The van der Waals surface area contributed by atoms with Crippen LogP contribution in [0.15, 0.2) is 30.9 Å². The van der Waals surface area contributed by atoms with Gasteiger partial charge in [0.05, 0.1) is 12.4 Å². The number of imidazole rings is 1. The Hall–Kier alpha value is -2.70. The SMILES string of the molecule is Cc1cccc(OCC2CCCN2c2ncnc3nc[nH]c23)n1. The van der Waals surface area contributed by atoms with Crippen LogP contribution in [0.2, 0.25) is 0 Å². The van der Waals surface area contributed by atoms with Gasteiger partial charge in [-0.05, 0) is 25.8 Å². The van der Waals surface area contributed by atoms with Crippen molar-refractivity contribution in [2.75, 3.05) is 18.1 Å². The highest BCUT2D eigenvalue weighted by atomic mass is 16.5. The van der Waals surface area contributed by atoms with Crippen molar-refractivity contribution in [3.8, 4) is 5.88 Å². The van der Waals surface area contributed by atoms with Crippen molar-refractivity contribution in [3.05, 3.63) is 36.5 Å². The molecule has 4 heterocycles. The van der Waals surface area contributed by atoms with Crippen molar-refractivity contribution < 1.29 is 4.74 Å². The Morgan fingerprint density at radius 3 is 3.17 bits per heavy atom. The third-order valence-electron chi connectivity index (χ3n) is 4.14. The fourth-order valence-corrected chi connectivity index (χ4v) is 3.04. The fourth-order valence-electron chi connectivity index (χ4n) is 3.04. The highest BCUT2D eigenvalue weighted by Gasteiger charge is 2.28. The molecular formula is C16H18N6O. The zero-order chi connectivity index (χ0) is 15.6. The monoisotopic (exact) mass is 310 g/mol. The lowest BCUT2D eigenvalue weighted by atomic mass is 10.2. The smallest absolute Gasteiger partial charge is 0.213 e. The number of pyridine rings is 1. The van der Waals surface area contributed by atoms with Gasteiger partial charge in [0.25, 0.3) is 0 Å². The standard InChI is InChI=1S/C16H18N6O/c1-11-4-2-6-13(21-11)23-8-12-5-3-7-22(12)16-14-15(18-9-17-14)19-10-20-16/h2,4,6,9-10,12H,3,5,7-8H2,1H3,(H,17,18,19,20). The zero-order valence-electron chi connectivity index (χ0n) is 12.9. The van der Waals surface area contributed by atoms with E-state index in [1.807, 2.05) is 25.1 Å². The number of aromatic amines is 1. The Labute approximate surface area is 133 Å². The van der Waals surface area contributed by atoms with Crippen LogP contribution in [0, 0.1) is 6.92 Å². The maximum atomic E-state index is 5.89. The van der Waals surface area contributed by atoms with Crippen LogP contribution in [0.3, 0.4) is 0 Å². The van der Waals surface area contributed by atoms with Gasteiger partial charge in [-0.1, -0.05) is 6.07 Å². The summed E-state index contributed by atoms with van der Waals surface area (Å²) in [5, 5.41) is 0. The van der Waals surface area contributed by atoms with Gasteiger partial charge < -0.3 is 14.6 Å². The number of nitrogens with one attached hydrogen (secondary N) is 1. The normalized spacial score (nSPS) is 17.8. The van der Waals surface area contributed by atoms with E-state index in [9.17, 15) is 0 Å². The van der Waals surface area contributed by atoms with Crippen LogP contribution in [0.25, 0.3) is 11.2 Å². The lowest BCUT2D eigenvalue weighted by Crippen LogP contribution is -2.35. The number of hydrogen-bond acceptors (Lipinski definition) is 6. The van der Waals surface area contributed by atoms with Gasteiger partial charge in [-0.25, -0.2) is 19.9 Å². The van der Waals surface area contributed by atoms with Gasteiger partial charge in [0.15, 0.2) is 11.5 Å². The molecule has 0 spiro atoms. The first-order chi connectivity index (χ1) is 11.3. The summed E-state index contributed by atoms with van der Waals surface area (Å²) in [6.07, 6.45) is 5.41. The minimum absolute atomic E-state index is 0.277. The number of aryl methyl sites for hydroxylation is 1.